The van der Waals surface area contributed by atoms with Crippen molar-refractivity contribution in [3.05, 3.63) is 52.4 Å². The van der Waals surface area contributed by atoms with Crippen LogP contribution < -0.4 is 0 Å². The van der Waals surface area contributed by atoms with Gasteiger partial charge in [-0.2, -0.15) is 0 Å². The van der Waals surface area contributed by atoms with Crippen LogP contribution in [0.15, 0.2) is 35.7 Å². The van der Waals surface area contributed by atoms with Crippen molar-refractivity contribution in [3.8, 4) is 10.6 Å². The van der Waals surface area contributed by atoms with Gasteiger partial charge < -0.3 is 4.90 Å². The molecule has 3 heterocycles. The quantitative estimate of drug-likeness (QED) is 0.605. The predicted molar refractivity (Wildman–Crippen MR) is 109 cm³/mol. The Kier molecular flexibility index (Phi) is 4.53. The van der Waals surface area contributed by atoms with Gasteiger partial charge in [0.15, 0.2) is 0 Å². The lowest BCUT2D eigenvalue weighted by Crippen LogP contribution is -2.39. The Morgan fingerprint density at radius 3 is 2.77 bits per heavy atom. The molecule has 1 aliphatic heterocycles. The van der Waals surface area contributed by atoms with E-state index in [-0.39, 0.29) is 5.91 Å². The van der Waals surface area contributed by atoms with Crippen molar-refractivity contribution >= 4 is 28.1 Å². The average molecular weight is 365 g/mol. The number of pyridine rings is 1. The number of aryl methyl sites for hydroxylation is 2. The summed E-state index contributed by atoms with van der Waals surface area (Å²) >= 11 is 1.66. The standard InChI is InChI=1S/C22H24N2OS/c1-14-6-4-8-24(13-14)22(25)18-12-20(21-7-5-9-26-21)23-19-11-16(3)15(2)10-17(18)19/h5,7,9-12,14H,4,6,8,13H2,1-3H3/t14-/m0/s1. The highest BCUT2D eigenvalue weighted by Crippen LogP contribution is 2.30. The molecule has 0 radical (unpaired) electrons. The highest BCUT2D eigenvalue weighted by molar-refractivity contribution is 7.13. The highest BCUT2D eigenvalue weighted by Gasteiger charge is 2.24. The number of carbonyl (C=O) groups excluding carboxylic acids is 1. The minimum atomic E-state index is 0.144. The molecule has 0 aliphatic carbocycles. The zero-order valence-electron chi connectivity index (χ0n) is 15.6. The summed E-state index contributed by atoms with van der Waals surface area (Å²) in [4.78, 5) is 21.4. The smallest absolute Gasteiger partial charge is 0.254 e. The maximum atomic E-state index is 13.4. The Balaban J connectivity index is 1.88. The number of aromatic nitrogens is 1. The number of piperidine rings is 1. The number of hydrogen-bond donors (Lipinski definition) is 0. The lowest BCUT2D eigenvalue weighted by molar-refractivity contribution is 0.0685. The average Bonchev–Trinajstić information content (AvgIpc) is 3.16. The summed E-state index contributed by atoms with van der Waals surface area (Å²) in [5, 5.41) is 3.02. The van der Waals surface area contributed by atoms with Gasteiger partial charge in [0.2, 0.25) is 0 Å². The minimum Gasteiger partial charge on any atom is -0.338 e. The third-order valence-electron chi connectivity index (χ3n) is 5.37. The van der Waals surface area contributed by atoms with Crippen LogP contribution in [0.2, 0.25) is 0 Å². The van der Waals surface area contributed by atoms with Gasteiger partial charge in [-0.25, -0.2) is 4.98 Å². The SMILES string of the molecule is Cc1cc2nc(-c3cccs3)cc(C(=O)N3CCC[C@H](C)C3)c2cc1C. The van der Waals surface area contributed by atoms with Crippen LogP contribution in [0, 0.1) is 19.8 Å². The summed E-state index contributed by atoms with van der Waals surface area (Å²) in [6.07, 6.45) is 2.30. The summed E-state index contributed by atoms with van der Waals surface area (Å²) < 4.78 is 0. The minimum absolute atomic E-state index is 0.144. The summed E-state index contributed by atoms with van der Waals surface area (Å²) in [5.74, 6) is 0.714. The maximum Gasteiger partial charge on any atom is 0.254 e. The fraction of sp³-hybridized carbons (Fsp3) is 0.364. The lowest BCUT2D eigenvalue weighted by Gasteiger charge is -2.31. The number of rotatable bonds is 2. The molecule has 4 heteroatoms. The molecule has 0 bridgehead atoms. The predicted octanol–water partition coefficient (Wildman–Crippen LogP) is 5.45. The van der Waals surface area contributed by atoms with Gasteiger partial charge in [-0.1, -0.05) is 13.0 Å². The molecule has 0 saturated carbocycles. The lowest BCUT2D eigenvalue weighted by atomic mass is 9.97. The number of thiophene rings is 1. The zero-order chi connectivity index (χ0) is 18.3. The van der Waals surface area contributed by atoms with E-state index in [1.54, 1.807) is 11.3 Å². The number of likely N-dealkylation sites (tertiary alicyclic amines) is 1. The fourth-order valence-corrected chi connectivity index (χ4v) is 4.44. The van der Waals surface area contributed by atoms with Crippen molar-refractivity contribution in [2.24, 2.45) is 5.92 Å². The van der Waals surface area contributed by atoms with E-state index >= 15 is 0 Å². The van der Waals surface area contributed by atoms with E-state index < -0.39 is 0 Å². The molecule has 3 aromatic rings. The molecule has 1 aliphatic rings. The molecule has 0 unspecified atom stereocenters. The van der Waals surface area contributed by atoms with Gasteiger partial charge in [0.25, 0.3) is 5.91 Å². The first-order chi connectivity index (χ1) is 12.5. The molecular formula is C22H24N2OS. The molecule has 4 rings (SSSR count). The van der Waals surface area contributed by atoms with Crippen LogP contribution in [-0.4, -0.2) is 28.9 Å². The van der Waals surface area contributed by atoms with Crippen molar-refractivity contribution in [3.63, 3.8) is 0 Å². The van der Waals surface area contributed by atoms with Crippen LogP contribution in [0.3, 0.4) is 0 Å². The molecule has 1 amide bonds. The molecule has 134 valence electrons. The Labute approximate surface area is 158 Å². The van der Waals surface area contributed by atoms with E-state index in [0.717, 1.165) is 46.5 Å². The van der Waals surface area contributed by atoms with Crippen molar-refractivity contribution in [1.29, 1.82) is 0 Å². The van der Waals surface area contributed by atoms with Crippen LogP contribution in [-0.2, 0) is 0 Å². The number of fused-ring (bicyclic) bond motifs is 1. The number of amides is 1. The van der Waals surface area contributed by atoms with Gasteiger partial charge in [0.1, 0.15) is 0 Å². The van der Waals surface area contributed by atoms with Gasteiger partial charge in [-0.15, -0.1) is 11.3 Å². The summed E-state index contributed by atoms with van der Waals surface area (Å²) in [5.41, 5.74) is 5.00. The van der Waals surface area contributed by atoms with Crippen molar-refractivity contribution < 1.29 is 4.79 Å². The molecular weight excluding hydrogens is 340 g/mol. The number of hydrogen-bond acceptors (Lipinski definition) is 3. The van der Waals surface area contributed by atoms with Gasteiger partial charge in [-0.05, 0) is 73.4 Å². The molecule has 3 nitrogen and oxygen atoms in total. The fourth-order valence-electron chi connectivity index (χ4n) is 3.76. The first-order valence-electron chi connectivity index (χ1n) is 9.28. The Bertz CT molecular complexity index is 962. The van der Waals surface area contributed by atoms with Crippen LogP contribution >= 0.6 is 11.3 Å². The van der Waals surface area contributed by atoms with Crippen molar-refractivity contribution in [1.82, 2.24) is 9.88 Å². The van der Waals surface area contributed by atoms with Crippen LogP contribution in [0.4, 0.5) is 0 Å². The first kappa shape index (κ1) is 17.2. The molecule has 1 atom stereocenters. The van der Waals surface area contributed by atoms with Crippen LogP contribution in [0.25, 0.3) is 21.5 Å². The van der Waals surface area contributed by atoms with Crippen molar-refractivity contribution in [2.75, 3.05) is 13.1 Å². The van der Waals surface area contributed by atoms with E-state index in [1.165, 1.54) is 17.5 Å². The molecule has 1 saturated heterocycles. The topological polar surface area (TPSA) is 33.2 Å². The summed E-state index contributed by atoms with van der Waals surface area (Å²) in [6, 6.07) is 10.3. The molecule has 1 aromatic carbocycles. The second-order valence-corrected chi connectivity index (χ2v) is 8.43. The highest BCUT2D eigenvalue weighted by atomic mass is 32.1. The summed E-state index contributed by atoms with van der Waals surface area (Å²) in [7, 11) is 0. The largest absolute Gasteiger partial charge is 0.338 e. The number of carbonyl (C=O) groups is 1. The Hall–Kier alpha value is -2.20. The van der Waals surface area contributed by atoms with E-state index in [0.29, 0.717) is 5.92 Å². The second kappa shape index (κ2) is 6.84. The zero-order valence-corrected chi connectivity index (χ0v) is 16.4. The Morgan fingerprint density at radius 2 is 2.04 bits per heavy atom. The third-order valence-corrected chi connectivity index (χ3v) is 6.26. The number of nitrogens with zero attached hydrogens (tertiary/aromatic N) is 2. The Morgan fingerprint density at radius 1 is 1.23 bits per heavy atom. The second-order valence-electron chi connectivity index (χ2n) is 7.48. The van der Waals surface area contributed by atoms with Gasteiger partial charge >= 0.3 is 0 Å². The van der Waals surface area contributed by atoms with Crippen molar-refractivity contribution in [2.45, 2.75) is 33.6 Å². The maximum absolute atomic E-state index is 13.4. The van der Waals surface area contributed by atoms with Crippen LogP contribution in [0.5, 0.6) is 0 Å². The van der Waals surface area contributed by atoms with Gasteiger partial charge in [-0.3, -0.25) is 4.79 Å². The van der Waals surface area contributed by atoms with Gasteiger partial charge in [0, 0.05) is 18.5 Å². The van der Waals surface area contributed by atoms with E-state index in [4.69, 9.17) is 4.98 Å². The molecule has 0 spiro atoms. The van der Waals surface area contributed by atoms with Crippen LogP contribution in [0.1, 0.15) is 41.3 Å². The molecule has 1 fully saturated rings. The third kappa shape index (κ3) is 3.14. The first-order valence-corrected chi connectivity index (χ1v) is 10.2. The molecule has 2 aromatic heterocycles. The molecule has 0 N–H and O–H groups in total. The van der Waals surface area contributed by atoms with E-state index in [2.05, 4.69) is 44.4 Å². The van der Waals surface area contributed by atoms with Gasteiger partial charge in [0.05, 0.1) is 21.7 Å². The van der Waals surface area contributed by atoms with E-state index in [9.17, 15) is 4.79 Å². The molecule has 26 heavy (non-hydrogen) atoms. The number of benzene rings is 1. The monoisotopic (exact) mass is 364 g/mol. The normalized spacial score (nSPS) is 17.7. The summed E-state index contributed by atoms with van der Waals surface area (Å²) in [6.45, 7) is 8.13. The van der Waals surface area contributed by atoms with E-state index in [1.807, 2.05) is 17.0 Å².